The number of para-hydroxylation sites is 1. The number of aryl methyl sites for hydroxylation is 1. The number of ether oxygens (including phenoxy) is 2. The van der Waals surface area contributed by atoms with E-state index in [1.54, 1.807) is 7.11 Å². The molecule has 0 unspecified atom stereocenters. The average molecular weight is 277 g/mol. The standard InChI is InChI=1S/C16H17ClO2/c1-3-12-6-4-5-7-16(12)19-11-13-10-14(17)8-9-15(13)18-2/h4-10H,3,11H2,1-2H3. The maximum Gasteiger partial charge on any atom is 0.125 e. The van der Waals surface area contributed by atoms with Crippen molar-refractivity contribution in [3.8, 4) is 11.5 Å². The van der Waals surface area contributed by atoms with Crippen LogP contribution in [0, 0.1) is 0 Å². The highest BCUT2D eigenvalue weighted by Crippen LogP contribution is 2.25. The second-order valence-corrected chi connectivity index (χ2v) is 4.64. The molecule has 0 saturated heterocycles. The van der Waals surface area contributed by atoms with E-state index in [2.05, 4.69) is 13.0 Å². The van der Waals surface area contributed by atoms with Gasteiger partial charge in [-0.2, -0.15) is 0 Å². The lowest BCUT2D eigenvalue weighted by Crippen LogP contribution is -2.00. The first-order valence-corrected chi connectivity index (χ1v) is 6.65. The smallest absolute Gasteiger partial charge is 0.125 e. The van der Waals surface area contributed by atoms with Crippen LogP contribution in [0.4, 0.5) is 0 Å². The van der Waals surface area contributed by atoms with Crippen molar-refractivity contribution in [3.63, 3.8) is 0 Å². The first kappa shape index (κ1) is 13.8. The van der Waals surface area contributed by atoms with Crippen LogP contribution in [-0.4, -0.2) is 7.11 Å². The van der Waals surface area contributed by atoms with E-state index in [-0.39, 0.29) is 0 Å². The molecule has 0 aliphatic carbocycles. The van der Waals surface area contributed by atoms with Crippen LogP contribution in [0.2, 0.25) is 5.02 Å². The average Bonchev–Trinajstić information content (AvgIpc) is 2.45. The number of hydrogen-bond donors (Lipinski definition) is 0. The molecule has 0 radical (unpaired) electrons. The van der Waals surface area contributed by atoms with Crippen LogP contribution in [0.25, 0.3) is 0 Å². The SMILES string of the molecule is CCc1ccccc1OCc1cc(Cl)ccc1OC. The summed E-state index contributed by atoms with van der Waals surface area (Å²) in [6.07, 6.45) is 0.947. The fourth-order valence-electron chi connectivity index (χ4n) is 1.95. The first-order valence-electron chi connectivity index (χ1n) is 6.27. The molecule has 0 atom stereocenters. The zero-order valence-corrected chi connectivity index (χ0v) is 11.9. The fourth-order valence-corrected chi connectivity index (χ4v) is 2.15. The van der Waals surface area contributed by atoms with E-state index in [1.165, 1.54) is 5.56 Å². The predicted molar refractivity (Wildman–Crippen MR) is 78.2 cm³/mol. The van der Waals surface area contributed by atoms with Crippen LogP contribution < -0.4 is 9.47 Å². The highest BCUT2D eigenvalue weighted by Gasteiger charge is 2.06. The molecule has 0 aliphatic rings. The molecule has 2 aromatic rings. The Bertz CT molecular complexity index is 552. The molecule has 3 heteroatoms. The molecular weight excluding hydrogens is 260 g/mol. The van der Waals surface area contributed by atoms with E-state index in [4.69, 9.17) is 21.1 Å². The Hall–Kier alpha value is -1.67. The molecular formula is C16H17ClO2. The van der Waals surface area contributed by atoms with Crippen LogP contribution in [0.3, 0.4) is 0 Å². The van der Waals surface area contributed by atoms with Gasteiger partial charge < -0.3 is 9.47 Å². The molecule has 0 amide bonds. The molecule has 0 aliphatic heterocycles. The first-order chi connectivity index (χ1) is 9.24. The zero-order valence-electron chi connectivity index (χ0n) is 11.2. The summed E-state index contributed by atoms with van der Waals surface area (Å²) in [4.78, 5) is 0. The van der Waals surface area contributed by atoms with E-state index >= 15 is 0 Å². The largest absolute Gasteiger partial charge is 0.496 e. The van der Waals surface area contributed by atoms with E-state index in [0.717, 1.165) is 23.5 Å². The monoisotopic (exact) mass is 276 g/mol. The molecule has 2 aromatic carbocycles. The van der Waals surface area contributed by atoms with Crippen LogP contribution in [0.5, 0.6) is 11.5 Å². The Morgan fingerprint density at radius 3 is 2.53 bits per heavy atom. The van der Waals surface area contributed by atoms with Crippen molar-refractivity contribution in [1.29, 1.82) is 0 Å². The normalized spacial score (nSPS) is 10.3. The fraction of sp³-hybridized carbons (Fsp3) is 0.250. The van der Waals surface area contributed by atoms with E-state index in [9.17, 15) is 0 Å². The summed E-state index contributed by atoms with van der Waals surface area (Å²) in [7, 11) is 1.65. The molecule has 0 heterocycles. The van der Waals surface area contributed by atoms with Gasteiger partial charge in [0.2, 0.25) is 0 Å². The van der Waals surface area contributed by atoms with Crippen molar-refractivity contribution >= 4 is 11.6 Å². The third kappa shape index (κ3) is 3.42. The predicted octanol–water partition coefficient (Wildman–Crippen LogP) is 4.49. The lowest BCUT2D eigenvalue weighted by molar-refractivity contribution is 0.294. The molecule has 0 N–H and O–H groups in total. The van der Waals surface area contributed by atoms with Crippen molar-refractivity contribution in [2.45, 2.75) is 20.0 Å². The van der Waals surface area contributed by atoms with Gasteiger partial charge in [0.25, 0.3) is 0 Å². The molecule has 0 bridgehead atoms. The highest BCUT2D eigenvalue weighted by atomic mass is 35.5. The maximum atomic E-state index is 6.00. The summed E-state index contributed by atoms with van der Waals surface area (Å²) < 4.78 is 11.2. The third-order valence-electron chi connectivity index (χ3n) is 2.98. The Morgan fingerprint density at radius 2 is 1.79 bits per heavy atom. The van der Waals surface area contributed by atoms with Gasteiger partial charge >= 0.3 is 0 Å². The lowest BCUT2D eigenvalue weighted by atomic mass is 10.1. The molecule has 2 rings (SSSR count). The topological polar surface area (TPSA) is 18.5 Å². The maximum absolute atomic E-state index is 6.00. The summed E-state index contributed by atoms with van der Waals surface area (Å²) in [5, 5.41) is 0.683. The van der Waals surface area contributed by atoms with Gasteiger partial charge in [-0.15, -0.1) is 0 Å². The van der Waals surface area contributed by atoms with E-state index in [0.29, 0.717) is 11.6 Å². The molecule has 19 heavy (non-hydrogen) atoms. The summed E-state index contributed by atoms with van der Waals surface area (Å²) in [6.45, 7) is 2.56. The number of hydrogen-bond acceptors (Lipinski definition) is 2. The van der Waals surface area contributed by atoms with Gasteiger partial charge in [0.15, 0.2) is 0 Å². The van der Waals surface area contributed by atoms with Crippen molar-refractivity contribution in [3.05, 3.63) is 58.6 Å². The Kier molecular flexibility index (Phi) is 4.69. The van der Waals surface area contributed by atoms with Crippen molar-refractivity contribution in [2.24, 2.45) is 0 Å². The van der Waals surface area contributed by atoms with Gasteiger partial charge in [-0.3, -0.25) is 0 Å². The zero-order chi connectivity index (χ0) is 13.7. The van der Waals surface area contributed by atoms with Crippen LogP contribution in [0.1, 0.15) is 18.1 Å². The van der Waals surface area contributed by atoms with Crippen molar-refractivity contribution in [1.82, 2.24) is 0 Å². The van der Waals surface area contributed by atoms with Crippen molar-refractivity contribution < 1.29 is 9.47 Å². The van der Waals surface area contributed by atoms with Gasteiger partial charge in [-0.1, -0.05) is 36.7 Å². The summed E-state index contributed by atoms with van der Waals surface area (Å²) in [5.74, 6) is 1.70. The Labute approximate surface area is 118 Å². The quantitative estimate of drug-likeness (QED) is 0.801. The number of methoxy groups -OCH3 is 1. The van der Waals surface area contributed by atoms with Gasteiger partial charge in [-0.25, -0.2) is 0 Å². The van der Waals surface area contributed by atoms with Crippen LogP contribution in [-0.2, 0) is 13.0 Å². The number of benzene rings is 2. The molecule has 0 spiro atoms. The lowest BCUT2D eigenvalue weighted by Gasteiger charge is -2.13. The summed E-state index contributed by atoms with van der Waals surface area (Å²) >= 11 is 6.00. The van der Waals surface area contributed by atoms with Crippen molar-refractivity contribution in [2.75, 3.05) is 7.11 Å². The van der Waals surface area contributed by atoms with Gasteiger partial charge in [-0.05, 0) is 36.2 Å². The van der Waals surface area contributed by atoms with E-state index in [1.807, 2.05) is 36.4 Å². The minimum Gasteiger partial charge on any atom is -0.496 e. The summed E-state index contributed by atoms with van der Waals surface area (Å²) in [6, 6.07) is 13.6. The van der Waals surface area contributed by atoms with Crippen LogP contribution in [0.15, 0.2) is 42.5 Å². The van der Waals surface area contributed by atoms with Crippen LogP contribution >= 0.6 is 11.6 Å². The van der Waals surface area contributed by atoms with Gasteiger partial charge in [0.05, 0.1) is 7.11 Å². The third-order valence-corrected chi connectivity index (χ3v) is 3.21. The second-order valence-electron chi connectivity index (χ2n) is 4.21. The van der Waals surface area contributed by atoms with Gasteiger partial charge in [0.1, 0.15) is 18.1 Å². The number of halogens is 1. The summed E-state index contributed by atoms with van der Waals surface area (Å²) in [5.41, 5.74) is 2.14. The molecule has 2 nitrogen and oxygen atoms in total. The Morgan fingerprint density at radius 1 is 1.00 bits per heavy atom. The minimum absolute atomic E-state index is 0.445. The molecule has 0 fully saturated rings. The molecule has 100 valence electrons. The molecule has 0 aromatic heterocycles. The Balaban J connectivity index is 2.16. The minimum atomic E-state index is 0.445. The highest BCUT2D eigenvalue weighted by molar-refractivity contribution is 6.30. The second kappa shape index (κ2) is 6.48. The molecule has 0 saturated carbocycles. The number of rotatable bonds is 5. The van der Waals surface area contributed by atoms with Gasteiger partial charge in [0, 0.05) is 10.6 Å². The van der Waals surface area contributed by atoms with E-state index < -0.39 is 0 Å².